The number of nitrogens with two attached hydrogens (primary N) is 1. The number of ether oxygens (including phenoxy) is 1. The molecule has 3 N–H and O–H groups in total. The molecule has 0 aromatic heterocycles. The van der Waals surface area contributed by atoms with Crippen molar-refractivity contribution in [1.29, 1.82) is 0 Å². The zero-order chi connectivity index (χ0) is 39.4. The van der Waals surface area contributed by atoms with Crippen LogP contribution in [0, 0.1) is 0 Å². The molecular weight excluding hydrogens is 776 g/mol. The summed E-state index contributed by atoms with van der Waals surface area (Å²) in [5.74, 6) is 0. The number of thioether (sulfide) groups is 1. The first-order valence-corrected chi connectivity index (χ1v) is 23.2. The van der Waals surface area contributed by atoms with E-state index in [1.807, 2.05) is 66.7 Å². The van der Waals surface area contributed by atoms with Crippen molar-refractivity contribution in [1.82, 2.24) is 4.90 Å². The minimum absolute atomic E-state index is 0.205. The van der Waals surface area contributed by atoms with E-state index in [1.165, 1.54) is 0 Å². The van der Waals surface area contributed by atoms with Gasteiger partial charge in [0.1, 0.15) is 4.90 Å². The van der Waals surface area contributed by atoms with Crippen LogP contribution in [-0.2, 0) is 29.0 Å². The number of benzene rings is 4. The summed E-state index contributed by atoms with van der Waals surface area (Å²) < 4.78 is 104. The predicted molar refractivity (Wildman–Crippen MR) is 210 cm³/mol. The van der Waals surface area contributed by atoms with E-state index in [2.05, 4.69) is 55.3 Å². The molecule has 1 saturated heterocycles. The van der Waals surface area contributed by atoms with Gasteiger partial charge in [-0.05, 0) is 59.1 Å². The second kappa shape index (κ2) is 16.9. The van der Waals surface area contributed by atoms with Crippen molar-refractivity contribution < 1.29 is 39.2 Å². The Morgan fingerprint density at radius 3 is 1.98 bits per heavy atom. The average molecular weight is 822 g/mol. The lowest BCUT2D eigenvalue weighted by Crippen LogP contribution is -2.68. The zero-order valence-electron chi connectivity index (χ0n) is 30.5. The van der Waals surface area contributed by atoms with E-state index >= 15 is 0 Å². The van der Waals surface area contributed by atoms with Gasteiger partial charge in [0.15, 0.2) is 0 Å². The molecule has 0 bridgehead atoms. The lowest BCUT2D eigenvalue weighted by molar-refractivity contribution is -0.0435. The number of morpholine rings is 1. The number of sulfonamides is 1. The Hall–Kier alpha value is -3.22. The highest BCUT2D eigenvalue weighted by Crippen LogP contribution is 2.39. The monoisotopic (exact) mass is 821 g/mol. The van der Waals surface area contributed by atoms with Gasteiger partial charge in [0.25, 0.3) is 18.2 Å². The van der Waals surface area contributed by atoms with E-state index < -0.39 is 49.5 Å². The Morgan fingerprint density at radius 2 is 1.46 bits per heavy atom. The number of hydrogen-bond donors (Lipinski definition) is 2. The summed E-state index contributed by atoms with van der Waals surface area (Å²) in [4.78, 5) is 1.29. The fourth-order valence-corrected chi connectivity index (χ4v) is 14.4. The first-order valence-electron chi connectivity index (χ1n) is 17.4. The highest BCUT2D eigenvalue weighted by atomic mass is 32.2. The fraction of sp³-hybridized carbons (Fsp3) is 0.368. The number of hydrogen-bond acceptors (Lipinski definition) is 9. The number of alkyl halides is 3. The standard InChI is InChI=1S/C38H46F3N3O6S3Si/c1-28(43-34-21-20-31(53(42,47)48)25-35(34)52(45,46)38(39,40)41)24-36(51-30-14-8-5-9-15-30)44-22-23-49-26-29(44)27-50-54(37(2,3)4,32-16-10-6-11-17-32)33-18-12-7-13-19-33/h5-21,25,28-29,36,43H,22-24,26-27H2,1-4H3,(H2,42,47,48)/t28?,29-,36+/m0/s1. The molecule has 5 rings (SSSR count). The lowest BCUT2D eigenvalue weighted by Gasteiger charge is -2.46. The SMILES string of the molecule is CC(C[C@@H](Sc1ccccc1)N1CCOC[C@H]1CO[Si](c1ccccc1)(c1ccccc1)C(C)(C)C)Nc1ccc(S(N)(=O)=O)cc1S(=O)(=O)C(F)(F)F. The predicted octanol–water partition coefficient (Wildman–Crippen LogP) is 6.21. The van der Waals surface area contributed by atoms with Crippen LogP contribution in [0.15, 0.2) is 124 Å². The lowest BCUT2D eigenvalue weighted by atomic mass is 10.1. The van der Waals surface area contributed by atoms with Gasteiger partial charge in [0.2, 0.25) is 10.0 Å². The van der Waals surface area contributed by atoms with Crippen LogP contribution < -0.4 is 20.8 Å². The topological polar surface area (TPSA) is 128 Å². The van der Waals surface area contributed by atoms with E-state index in [1.54, 1.807) is 18.7 Å². The molecule has 292 valence electrons. The van der Waals surface area contributed by atoms with Gasteiger partial charge in [0, 0.05) is 17.5 Å². The minimum atomic E-state index is -5.95. The van der Waals surface area contributed by atoms with E-state index in [4.69, 9.17) is 14.3 Å². The third-order valence-corrected chi connectivity index (χ3v) is 18.1. The molecule has 9 nitrogen and oxygen atoms in total. The third-order valence-electron chi connectivity index (χ3n) is 9.40. The van der Waals surface area contributed by atoms with Crippen LogP contribution in [0.3, 0.4) is 0 Å². The molecule has 0 aliphatic carbocycles. The molecule has 0 radical (unpaired) electrons. The van der Waals surface area contributed by atoms with Gasteiger partial charge in [-0.3, -0.25) is 4.90 Å². The van der Waals surface area contributed by atoms with E-state index in [0.29, 0.717) is 38.9 Å². The second-order valence-electron chi connectivity index (χ2n) is 14.3. The van der Waals surface area contributed by atoms with Crippen LogP contribution >= 0.6 is 11.8 Å². The van der Waals surface area contributed by atoms with Crippen molar-refractivity contribution in [2.24, 2.45) is 5.14 Å². The number of rotatable bonds is 14. The summed E-state index contributed by atoms with van der Waals surface area (Å²) in [6.45, 7) is 10.1. The Bertz CT molecular complexity index is 2030. The van der Waals surface area contributed by atoms with Gasteiger partial charge in [0.05, 0.1) is 41.8 Å². The molecule has 54 heavy (non-hydrogen) atoms. The van der Waals surface area contributed by atoms with Gasteiger partial charge >= 0.3 is 5.51 Å². The molecular formula is C38H46F3N3O6S3Si. The van der Waals surface area contributed by atoms with Gasteiger partial charge in [-0.1, -0.05) is 99.6 Å². The maximum Gasteiger partial charge on any atom is 0.501 e. The van der Waals surface area contributed by atoms with Crippen molar-refractivity contribution in [3.05, 3.63) is 109 Å². The van der Waals surface area contributed by atoms with Crippen molar-refractivity contribution in [3.8, 4) is 0 Å². The first-order chi connectivity index (χ1) is 25.3. The summed E-state index contributed by atoms with van der Waals surface area (Å²) in [7, 11) is -13.4. The summed E-state index contributed by atoms with van der Waals surface area (Å²) in [6.07, 6.45) is 0.345. The molecule has 16 heteroatoms. The number of nitrogens with one attached hydrogen (secondary N) is 1. The van der Waals surface area contributed by atoms with Crippen LogP contribution in [0.2, 0.25) is 5.04 Å². The quantitative estimate of drug-likeness (QED) is 0.113. The maximum atomic E-state index is 13.8. The molecule has 3 atom stereocenters. The molecule has 1 aliphatic heterocycles. The normalized spacial score (nSPS) is 17.5. The third kappa shape index (κ3) is 9.41. The van der Waals surface area contributed by atoms with Gasteiger partial charge in [-0.2, -0.15) is 13.2 Å². The van der Waals surface area contributed by atoms with Crippen molar-refractivity contribution >= 4 is 56.0 Å². The van der Waals surface area contributed by atoms with Gasteiger partial charge in [-0.25, -0.2) is 22.0 Å². The molecule has 4 aromatic rings. The second-order valence-corrected chi connectivity index (χ2v) is 23.3. The highest BCUT2D eigenvalue weighted by Gasteiger charge is 2.51. The van der Waals surface area contributed by atoms with Crippen molar-refractivity contribution in [2.45, 2.75) is 76.8 Å². The van der Waals surface area contributed by atoms with Crippen LogP contribution in [0.25, 0.3) is 0 Å². The summed E-state index contributed by atoms with van der Waals surface area (Å²) in [5.41, 5.74) is -6.06. The number of anilines is 1. The highest BCUT2D eigenvalue weighted by molar-refractivity contribution is 7.99. The number of sulfone groups is 1. The maximum absolute atomic E-state index is 13.8. The van der Waals surface area contributed by atoms with Crippen molar-refractivity contribution in [3.63, 3.8) is 0 Å². The average Bonchev–Trinajstić information content (AvgIpc) is 3.12. The first kappa shape index (κ1) is 41.9. The van der Waals surface area contributed by atoms with E-state index in [9.17, 15) is 30.0 Å². The largest absolute Gasteiger partial charge is 0.501 e. The Labute approximate surface area is 321 Å². The molecule has 0 saturated carbocycles. The number of primary sulfonamides is 1. The van der Waals surface area contributed by atoms with Gasteiger partial charge < -0.3 is 14.5 Å². The molecule has 0 spiro atoms. The fourth-order valence-electron chi connectivity index (χ4n) is 6.85. The van der Waals surface area contributed by atoms with Crippen LogP contribution in [0.5, 0.6) is 0 Å². The Morgan fingerprint density at radius 1 is 0.907 bits per heavy atom. The zero-order valence-corrected chi connectivity index (χ0v) is 33.9. The molecule has 1 heterocycles. The van der Waals surface area contributed by atoms with Crippen LogP contribution in [0.1, 0.15) is 34.1 Å². The molecule has 1 unspecified atom stereocenters. The van der Waals surface area contributed by atoms with Crippen molar-refractivity contribution in [2.75, 3.05) is 31.7 Å². The van der Waals surface area contributed by atoms with Gasteiger partial charge in [-0.15, -0.1) is 11.8 Å². The summed E-state index contributed by atoms with van der Waals surface area (Å²) in [5, 5.41) is 9.85. The minimum Gasteiger partial charge on any atom is -0.406 e. The van der Waals surface area contributed by atoms with E-state index in [-0.39, 0.29) is 22.1 Å². The number of nitrogens with zero attached hydrogens (tertiary/aromatic N) is 1. The van der Waals surface area contributed by atoms with Crippen LogP contribution in [-0.4, -0.2) is 79.4 Å². The molecule has 1 aliphatic rings. The Balaban J connectivity index is 1.49. The molecule has 0 amide bonds. The van der Waals surface area contributed by atoms with E-state index in [0.717, 1.165) is 27.4 Å². The number of halogens is 3. The summed E-state index contributed by atoms with van der Waals surface area (Å²) >= 11 is 1.58. The molecule has 1 fully saturated rings. The molecule has 4 aromatic carbocycles. The summed E-state index contributed by atoms with van der Waals surface area (Å²) in [6, 6.07) is 32.0. The van der Waals surface area contributed by atoms with Crippen LogP contribution in [0.4, 0.5) is 18.9 Å². The Kier molecular flexibility index (Phi) is 13.1. The smallest absolute Gasteiger partial charge is 0.406 e.